The quantitative estimate of drug-likeness (QED) is 0.799. The average Bonchev–Trinajstić information content (AvgIpc) is 3.16. The van der Waals surface area contributed by atoms with Crippen molar-refractivity contribution in [1.29, 1.82) is 5.26 Å². The molecule has 6 heteroatoms. The van der Waals surface area contributed by atoms with Crippen LogP contribution in [0.5, 0.6) is 0 Å². The van der Waals surface area contributed by atoms with E-state index in [1.54, 1.807) is 11.8 Å². The summed E-state index contributed by atoms with van der Waals surface area (Å²) in [5.41, 5.74) is 3.06. The van der Waals surface area contributed by atoms with Crippen molar-refractivity contribution in [2.75, 3.05) is 0 Å². The molecule has 0 saturated heterocycles. The van der Waals surface area contributed by atoms with Crippen LogP contribution in [0.25, 0.3) is 0 Å². The Bertz CT molecular complexity index is 639. The van der Waals surface area contributed by atoms with Gasteiger partial charge in [0.1, 0.15) is 0 Å². The van der Waals surface area contributed by atoms with Crippen LogP contribution in [0, 0.1) is 18.3 Å². The van der Waals surface area contributed by atoms with E-state index < -0.39 is 0 Å². The second kappa shape index (κ2) is 5.02. The first kappa shape index (κ1) is 12.2. The fourth-order valence-electron chi connectivity index (χ4n) is 1.90. The molecule has 5 nitrogen and oxygen atoms in total. The lowest BCUT2D eigenvalue weighted by Gasteiger charge is -2.06. The van der Waals surface area contributed by atoms with Crippen molar-refractivity contribution in [3.05, 3.63) is 34.9 Å². The number of tetrazole rings is 1. The highest BCUT2D eigenvalue weighted by molar-refractivity contribution is 7.98. The average molecular weight is 271 g/mol. The van der Waals surface area contributed by atoms with Gasteiger partial charge in [-0.1, -0.05) is 17.8 Å². The second-order valence-corrected chi connectivity index (χ2v) is 5.62. The Morgan fingerprint density at radius 2 is 2.32 bits per heavy atom. The standard InChI is InChI=1S/C13H13N5S/c1-9-6-10(7-14)2-3-11(9)8-19-13-15-16-17-18(13)12-4-5-12/h2-3,6,12H,4-5,8H2,1H3. The Morgan fingerprint density at radius 1 is 1.47 bits per heavy atom. The van der Waals surface area contributed by atoms with E-state index in [9.17, 15) is 0 Å². The Kier molecular flexibility index (Phi) is 3.22. The second-order valence-electron chi connectivity index (χ2n) is 4.68. The van der Waals surface area contributed by atoms with Crippen molar-refractivity contribution in [3.8, 4) is 6.07 Å². The number of thioether (sulfide) groups is 1. The van der Waals surface area contributed by atoms with E-state index in [0.29, 0.717) is 11.6 Å². The monoisotopic (exact) mass is 271 g/mol. The third-order valence-electron chi connectivity index (χ3n) is 3.18. The molecule has 1 aromatic heterocycles. The van der Waals surface area contributed by atoms with Gasteiger partial charge >= 0.3 is 0 Å². The predicted molar refractivity (Wildman–Crippen MR) is 71.5 cm³/mol. The molecule has 0 bridgehead atoms. The number of aryl methyl sites for hydroxylation is 1. The smallest absolute Gasteiger partial charge is 0.209 e. The van der Waals surface area contributed by atoms with E-state index in [-0.39, 0.29) is 0 Å². The summed E-state index contributed by atoms with van der Waals surface area (Å²) in [5, 5.41) is 21.6. The summed E-state index contributed by atoms with van der Waals surface area (Å²) in [7, 11) is 0. The molecule has 1 aliphatic rings. The third-order valence-corrected chi connectivity index (χ3v) is 4.17. The van der Waals surface area contributed by atoms with E-state index in [0.717, 1.165) is 16.5 Å². The van der Waals surface area contributed by atoms with E-state index in [1.165, 1.54) is 18.4 Å². The van der Waals surface area contributed by atoms with Crippen molar-refractivity contribution in [3.63, 3.8) is 0 Å². The van der Waals surface area contributed by atoms with Gasteiger partial charge in [-0.25, -0.2) is 4.68 Å². The van der Waals surface area contributed by atoms with Crippen molar-refractivity contribution in [2.45, 2.75) is 36.7 Å². The van der Waals surface area contributed by atoms with Crippen LogP contribution < -0.4 is 0 Å². The molecular weight excluding hydrogens is 258 g/mol. The molecule has 96 valence electrons. The Labute approximate surface area is 115 Å². The maximum atomic E-state index is 8.85. The summed E-state index contributed by atoms with van der Waals surface area (Å²) in [6.45, 7) is 2.03. The molecule has 1 saturated carbocycles. The van der Waals surface area contributed by atoms with Crippen LogP contribution in [0.1, 0.15) is 35.6 Å². The molecule has 0 unspecified atom stereocenters. The zero-order valence-electron chi connectivity index (χ0n) is 10.6. The molecule has 19 heavy (non-hydrogen) atoms. The SMILES string of the molecule is Cc1cc(C#N)ccc1CSc1nnnn1C1CC1. The number of nitrogens with zero attached hydrogens (tertiary/aromatic N) is 5. The zero-order chi connectivity index (χ0) is 13.2. The topological polar surface area (TPSA) is 67.4 Å². The molecule has 0 atom stereocenters. The summed E-state index contributed by atoms with van der Waals surface area (Å²) < 4.78 is 1.92. The Hall–Kier alpha value is -1.87. The van der Waals surface area contributed by atoms with E-state index >= 15 is 0 Å². The molecule has 1 heterocycles. The summed E-state index contributed by atoms with van der Waals surface area (Å²) in [4.78, 5) is 0. The summed E-state index contributed by atoms with van der Waals surface area (Å²) in [5.74, 6) is 0.824. The van der Waals surface area contributed by atoms with E-state index in [2.05, 4.69) is 21.6 Å². The van der Waals surface area contributed by atoms with Crippen LogP contribution in [-0.2, 0) is 5.75 Å². The number of nitriles is 1. The van der Waals surface area contributed by atoms with Gasteiger partial charge in [0.15, 0.2) is 0 Å². The molecule has 0 aliphatic heterocycles. The minimum absolute atomic E-state index is 0.500. The van der Waals surface area contributed by atoms with Crippen molar-refractivity contribution < 1.29 is 0 Å². The molecule has 1 fully saturated rings. The molecule has 0 amide bonds. The number of rotatable bonds is 4. The number of benzene rings is 1. The molecule has 1 aliphatic carbocycles. The number of hydrogen-bond acceptors (Lipinski definition) is 5. The lowest BCUT2D eigenvalue weighted by atomic mass is 10.1. The third kappa shape index (κ3) is 2.61. The lowest BCUT2D eigenvalue weighted by Crippen LogP contribution is -1.99. The first-order valence-corrected chi connectivity index (χ1v) is 7.17. The van der Waals surface area contributed by atoms with Gasteiger partial charge in [-0.2, -0.15) is 5.26 Å². The Morgan fingerprint density at radius 3 is 3.00 bits per heavy atom. The number of aromatic nitrogens is 4. The maximum Gasteiger partial charge on any atom is 0.209 e. The molecule has 1 aromatic carbocycles. The van der Waals surface area contributed by atoms with Gasteiger partial charge in [-0.15, -0.1) is 5.10 Å². The first-order chi connectivity index (χ1) is 9.28. The van der Waals surface area contributed by atoms with Gasteiger partial charge in [-0.3, -0.25) is 0 Å². The van der Waals surface area contributed by atoms with Crippen LogP contribution in [-0.4, -0.2) is 20.2 Å². The summed E-state index contributed by atoms with van der Waals surface area (Å²) in [6, 6.07) is 8.43. The lowest BCUT2D eigenvalue weighted by molar-refractivity contribution is 0.565. The van der Waals surface area contributed by atoms with Gasteiger partial charge in [0.2, 0.25) is 5.16 Å². The normalized spacial score (nSPS) is 14.3. The summed E-state index contributed by atoms with van der Waals surface area (Å²) >= 11 is 1.65. The van der Waals surface area contributed by atoms with Crippen LogP contribution >= 0.6 is 11.8 Å². The largest absolute Gasteiger partial charge is 0.217 e. The fraction of sp³-hybridized carbons (Fsp3) is 0.385. The van der Waals surface area contributed by atoms with Crippen molar-refractivity contribution >= 4 is 11.8 Å². The van der Waals surface area contributed by atoms with Gasteiger partial charge < -0.3 is 0 Å². The minimum Gasteiger partial charge on any atom is -0.217 e. The van der Waals surface area contributed by atoms with Crippen LogP contribution in [0.2, 0.25) is 0 Å². The minimum atomic E-state index is 0.500. The van der Waals surface area contributed by atoms with Gasteiger partial charge in [-0.05, 0) is 53.5 Å². The molecular formula is C13H13N5S. The molecule has 2 aromatic rings. The molecule has 0 spiro atoms. The highest BCUT2D eigenvalue weighted by Gasteiger charge is 2.27. The fourth-order valence-corrected chi connectivity index (χ4v) is 2.92. The highest BCUT2D eigenvalue weighted by Crippen LogP contribution is 2.37. The predicted octanol–water partition coefficient (Wildman–Crippen LogP) is 2.48. The van der Waals surface area contributed by atoms with Crippen LogP contribution in [0.15, 0.2) is 23.4 Å². The van der Waals surface area contributed by atoms with E-state index in [1.807, 2.05) is 29.8 Å². The maximum absolute atomic E-state index is 8.85. The van der Waals surface area contributed by atoms with Gasteiger partial charge in [0.25, 0.3) is 0 Å². The molecule has 0 N–H and O–H groups in total. The van der Waals surface area contributed by atoms with Crippen LogP contribution in [0.4, 0.5) is 0 Å². The Balaban J connectivity index is 1.72. The van der Waals surface area contributed by atoms with Gasteiger partial charge in [0, 0.05) is 5.75 Å². The van der Waals surface area contributed by atoms with Crippen molar-refractivity contribution in [1.82, 2.24) is 20.2 Å². The number of hydrogen-bond donors (Lipinski definition) is 0. The van der Waals surface area contributed by atoms with Crippen LogP contribution in [0.3, 0.4) is 0 Å². The summed E-state index contributed by atoms with van der Waals surface area (Å²) in [6.07, 6.45) is 2.35. The first-order valence-electron chi connectivity index (χ1n) is 6.18. The molecule has 3 rings (SSSR count). The zero-order valence-corrected chi connectivity index (χ0v) is 11.4. The van der Waals surface area contributed by atoms with Crippen molar-refractivity contribution in [2.24, 2.45) is 0 Å². The highest BCUT2D eigenvalue weighted by atomic mass is 32.2. The molecule has 0 radical (unpaired) electrons. The van der Waals surface area contributed by atoms with E-state index in [4.69, 9.17) is 5.26 Å². The van der Waals surface area contributed by atoms with Gasteiger partial charge in [0.05, 0.1) is 17.7 Å².